The Balaban J connectivity index is 1.37. The average Bonchev–Trinajstić information content (AvgIpc) is 3.38. The van der Waals surface area contributed by atoms with Gasteiger partial charge in [0, 0.05) is 48.9 Å². The van der Waals surface area contributed by atoms with Crippen LogP contribution in [0, 0.1) is 0 Å². The number of rotatable bonds is 8. The van der Waals surface area contributed by atoms with Gasteiger partial charge in [-0.05, 0) is 36.2 Å². The van der Waals surface area contributed by atoms with Gasteiger partial charge in [-0.15, -0.1) is 24.5 Å². The van der Waals surface area contributed by atoms with Gasteiger partial charge in [0.1, 0.15) is 11.6 Å². The van der Waals surface area contributed by atoms with Crippen molar-refractivity contribution in [3.8, 4) is 5.75 Å². The van der Waals surface area contributed by atoms with E-state index in [9.17, 15) is 22.8 Å². The number of carbonyl (C=O) groups is 2. The fraction of sp³-hybridized carbons (Fsp3) is 0.273. The van der Waals surface area contributed by atoms with Crippen molar-refractivity contribution < 1.29 is 27.5 Å². The average molecular weight is 511 g/mol. The lowest BCUT2D eigenvalue weighted by Gasteiger charge is -2.18. The largest absolute Gasteiger partial charge is 0.573 e. The summed E-state index contributed by atoms with van der Waals surface area (Å²) in [5, 5.41) is 0. The third kappa shape index (κ3) is 6.03. The molecule has 12 heteroatoms. The van der Waals surface area contributed by atoms with Crippen LogP contribution in [0.5, 0.6) is 5.75 Å². The van der Waals surface area contributed by atoms with Crippen LogP contribution in [0.4, 0.5) is 23.8 Å². The van der Waals surface area contributed by atoms with Crippen LogP contribution in [0.1, 0.15) is 27.2 Å². The molecule has 1 aromatic carbocycles. The summed E-state index contributed by atoms with van der Waals surface area (Å²) < 4.78 is 41.2. The van der Waals surface area contributed by atoms with E-state index in [1.807, 2.05) is 0 Å². The van der Waals surface area contributed by atoms with Crippen LogP contribution >= 0.6 is 22.9 Å². The van der Waals surface area contributed by atoms with E-state index >= 15 is 0 Å². The number of hydrogen-bond acceptors (Lipinski definition) is 6. The fourth-order valence-corrected chi connectivity index (χ4v) is 4.46. The van der Waals surface area contributed by atoms with E-state index in [2.05, 4.69) is 14.7 Å². The van der Waals surface area contributed by atoms with Crippen LogP contribution in [0.3, 0.4) is 0 Å². The lowest BCUT2D eigenvalue weighted by atomic mass is 10.1. The zero-order chi connectivity index (χ0) is 24.3. The molecule has 3 heterocycles. The van der Waals surface area contributed by atoms with Gasteiger partial charge in [0.05, 0.1) is 0 Å². The fourth-order valence-electron chi connectivity index (χ4n) is 3.48. The summed E-state index contributed by atoms with van der Waals surface area (Å²) in [6.07, 6.45) is -0.834. The number of benzene rings is 1. The molecule has 178 valence electrons. The molecular weight excluding hydrogens is 493 g/mol. The first kappa shape index (κ1) is 24.0. The molecule has 3 aromatic rings. The van der Waals surface area contributed by atoms with E-state index in [0.29, 0.717) is 40.9 Å². The number of urea groups is 1. The summed E-state index contributed by atoms with van der Waals surface area (Å²) >= 11 is 7.15. The predicted octanol–water partition coefficient (Wildman–Crippen LogP) is 5.35. The molecule has 1 aliphatic rings. The van der Waals surface area contributed by atoms with E-state index < -0.39 is 6.36 Å². The molecule has 0 atom stereocenters. The standard InChI is InChI=1S/C22H18ClF3N4O3S/c23-20-28-12-17(34-20)5-6-18(31)15-7-8-27-19(11-15)30-10-9-29(21(30)32)13-14-1-3-16(4-2-14)33-22(24,25)26/h1-4,7-8,11-12H,5-6,9-10,13H2. The van der Waals surface area contributed by atoms with Gasteiger partial charge in [-0.2, -0.15) is 0 Å². The third-order valence-corrected chi connectivity index (χ3v) is 6.27. The maximum atomic E-state index is 12.9. The molecule has 2 amide bonds. The Labute approximate surface area is 201 Å². The van der Waals surface area contributed by atoms with E-state index in [1.165, 1.54) is 46.7 Å². The summed E-state index contributed by atoms with van der Waals surface area (Å²) in [6.45, 7) is 1.00. The highest BCUT2D eigenvalue weighted by atomic mass is 35.5. The number of aromatic nitrogens is 2. The summed E-state index contributed by atoms with van der Waals surface area (Å²) in [4.78, 5) is 37.7. The van der Waals surface area contributed by atoms with Crippen molar-refractivity contribution in [2.75, 3.05) is 18.0 Å². The van der Waals surface area contributed by atoms with Crippen molar-refractivity contribution in [1.82, 2.24) is 14.9 Å². The molecule has 1 aliphatic heterocycles. The maximum Gasteiger partial charge on any atom is 0.573 e. The highest BCUT2D eigenvalue weighted by Crippen LogP contribution is 2.25. The number of halogens is 4. The molecule has 0 bridgehead atoms. The molecule has 0 aliphatic carbocycles. The number of hydrogen-bond donors (Lipinski definition) is 0. The monoisotopic (exact) mass is 510 g/mol. The number of aryl methyl sites for hydroxylation is 1. The molecule has 7 nitrogen and oxygen atoms in total. The topological polar surface area (TPSA) is 75.6 Å². The van der Waals surface area contributed by atoms with E-state index in [4.69, 9.17) is 11.6 Å². The molecule has 1 saturated heterocycles. The second-order valence-corrected chi connectivity index (χ2v) is 9.15. The van der Waals surface area contributed by atoms with Gasteiger partial charge >= 0.3 is 12.4 Å². The zero-order valence-electron chi connectivity index (χ0n) is 17.6. The number of ether oxygens (including phenoxy) is 1. The molecule has 2 aromatic heterocycles. The van der Waals surface area contributed by atoms with Gasteiger partial charge in [0.15, 0.2) is 10.3 Å². The number of carbonyl (C=O) groups excluding carboxylic acids is 2. The van der Waals surface area contributed by atoms with Gasteiger partial charge < -0.3 is 9.64 Å². The summed E-state index contributed by atoms with van der Waals surface area (Å²) in [5.41, 5.74) is 1.11. The zero-order valence-corrected chi connectivity index (χ0v) is 19.2. The lowest BCUT2D eigenvalue weighted by molar-refractivity contribution is -0.274. The molecule has 1 fully saturated rings. The highest BCUT2D eigenvalue weighted by molar-refractivity contribution is 7.15. The molecule has 0 N–H and O–H groups in total. The Morgan fingerprint density at radius 2 is 1.91 bits per heavy atom. The first-order valence-electron chi connectivity index (χ1n) is 10.2. The molecule has 0 unspecified atom stereocenters. The second kappa shape index (κ2) is 9.98. The Hall–Kier alpha value is -3.18. The normalized spacial score (nSPS) is 14.1. The molecule has 0 spiro atoms. The van der Waals surface area contributed by atoms with Crippen molar-refractivity contribution in [2.24, 2.45) is 0 Å². The van der Waals surface area contributed by atoms with Crippen molar-refractivity contribution in [3.63, 3.8) is 0 Å². The van der Waals surface area contributed by atoms with Crippen molar-refractivity contribution in [3.05, 3.63) is 69.3 Å². The minimum atomic E-state index is -4.76. The van der Waals surface area contributed by atoms with E-state index in [-0.39, 0.29) is 30.5 Å². The van der Waals surface area contributed by atoms with Crippen LogP contribution in [0.15, 0.2) is 48.8 Å². The SMILES string of the molecule is O=C(CCc1cnc(Cl)s1)c1ccnc(N2CCN(Cc3ccc(OC(F)(F)F)cc3)C2=O)c1. The number of pyridine rings is 1. The van der Waals surface area contributed by atoms with Gasteiger partial charge in [0.25, 0.3) is 0 Å². The number of anilines is 1. The minimum Gasteiger partial charge on any atom is -0.406 e. The van der Waals surface area contributed by atoms with Crippen molar-refractivity contribution in [2.45, 2.75) is 25.7 Å². The van der Waals surface area contributed by atoms with Crippen LogP contribution in [0.2, 0.25) is 4.47 Å². The summed E-state index contributed by atoms with van der Waals surface area (Å²) in [7, 11) is 0. The first-order chi connectivity index (χ1) is 16.2. The quantitative estimate of drug-likeness (QED) is 0.382. The van der Waals surface area contributed by atoms with Crippen LogP contribution < -0.4 is 9.64 Å². The van der Waals surface area contributed by atoms with Crippen LogP contribution in [-0.4, -0.2) is 46.1 Å². The Bertz CT molecular complexity index is 1190. The van der Waals surface area contributed by atoms with Gasteiger partial charge in [-0.25, -0.2) is 14.8 Å². The van der Waals surface area contributed by atoms with E-state index in [0.717, 1.165) is 4.88 Å². The molecule has 0 radical (unpaired) electrons. The van der Waals surface area contributed by atoms with Gasteiger partial charge in [-0.3, -0.25) is 9.69 Å². The van der Waals surface area contributed by atoms with Crippen LogP contribution in [0.25, 0.3) is 0 Å². The van der Waals surface area contributed by atoms with Crippen LogP contribution in [-0.2, 0) is 13.0 Å². The number of thiazole rings is 1. The Morgan fingerprint density at radius 1 is 1.15 bits per heavy atom. The Morgan fingerprint density at radius 3 is 2.59 bits per heavy atom. The van der Waals surface area contributed by atoms with Gasteiger partial charge in [-0.1, -0.05) is 23.7 Å². The minimum absolute atomic E-state index is 0.0853. The number of amides is 2. The smallest absolute Gasteiger partial charge is 0.406 e. The number of ketones is 1. The highest BCUT2D eigenvalue weighted by Gasteiger charge is 2.32. The number of Topliss-reactive ketones (excluding diaryl/α,β-unsaturated/α-hetero) is 1. The number of alkyl halides is 3. The number of nitrogens with zero attached hydrogens (tertiary/aromatic N) is 4. The summed E-state index contributed by atoms with van der Waals surface area (Å²) in [5.74, 6) is -0.0410. The Kier molecular flexibility index (Phi) is 7.03. The first-order valence-corrected chi connectivity index (χ1v) is 11.4. The second-order valence-electron chi connectivity index (χ2n) is 7.45. The molecular formula is C22H18ClF3N4O3S. The maximum absolute atomic E-state index is 12.9. The lowest BCUT2D eigenvalue weighted by Crippen LogP contribution is -2.32. The van der Waals surface area contributed by atoms with E-state index in [1.54, 1.807) is 23.2 Å². The summed E-state index contributed by atoms with van der Waals surface area (Å²) in [6, 6.07) is 8.26. The van der Waals surface area contributed by atoms with Crippen molar-refractivity contribution >= 4 is 40.6 Å². The van der Waals surface area contributed by atoms with Gasteiger partial charge in [0.2, 0.25) is 0 Å². The van der Waals surface area contributed by atoms with Crippen molar-refractivity contribution in [1.29, 1.82) is 0 Å². The predicted molar refractivity (Wildman–Crippen MR) is 120 cm³/mol. The molecule has 34 heavy (non-hydrogen) atoms. The third-order valence-electron chi connectivity index (χ3n) is 5.09. The molecule has 0 saturated carbocycles. The molecule has 4 rings (SSSR count).